The van der Waals surface area contributed by atoms with Gasteiger partial charge in [-0.05, 0) is 35.9 Å². The van der Waals surface area contributed by atoms with E-state index in [1.807, 2.05) is 0 Å². The topological polar surface area (TPSA) is 65.1 Å². The maximum atomic E-state index is 13.7. The summed E-state index contributed by atoms with van der Waals surface area (Å²) >= 11 is 0. The van der Waals surface area contributed by atoms with Gasteiger partial charge >= 0.3 is 0 Å². The zero-order valence-corrected chi connectivity index (χ0v) is 16.1. The molecule has 0 spiro atoms. The van der Waals surface area contributed by atoms with Crippen LogP contribution in [0, 0.1) is 5.82 Å². The van der Waals surface area contributed by atoms with E-state index in [1.165, 1.54) is 31.4 Å². The van der Waals surface area contributed by atoms with Gasteiger partial charge in [-0.25, -0.2) is 4.39 Å². The summed E-state index contributed by atoms with van der Waals surface area (Å²) in [6.45, 7) is 2.07. The minimum Gasteiger partial charge on any atom is -0.493 e. The number of hydrogen-bond acceptors (Lipinski definition) is 5. The van der Waals surface area contributed by atoms with Gasteiger partial charge < -0.3 is 19.1 Å². The van der Waals surface area contributed by atoms with Gasteiger partial charge in [0, 0.05) is 13.1 Å². The van der Waals surface area contributed by atoms with Crippen molar-refractivity contribution < 1.29 is 28.2 Å². The lowest BCUT2D eigenvalue weighted by Gasteiger charge is -2.26. The molecule has 2 aromatic rings. The molecule has 0 aromatic heterocycles. The second-order valence-electron chi connectivity index (χ2n) is 6.37. The summed E-state index contributed by atoms with van der Waals surface area (Å²) in [5.41, 5.74) is 0.690. The number of ether oxygens (including phenoxy) is 3. The minimum absolute atomic E-state index is 0.0114. The molecule has 0 N–H and O–H groups in total. The van der Waals surface area contributed by atoms with Crippen molar-refractivity contribution in [3.8, 4) is 11.5 Å². The van der Waals surface area contributed by atoms with Crippen molar-refractivity contribution in [1.29, 1.82) is 0 Å². The van der Waals surface area contributed by atoms with Gasteiger partial charge in [0.05, 0.1) is 25.9 Å². The zero-order valence-electron chi connectivity index (χ0n) is 16.1. The molecule has 0 bridgehead atoms. The average molecular weight is 399 g/mol. The number of halogens is 1. The fourth-order valence-corrected chi connectivity index (χ4v) is 2.87. The van der Waals surface area contributed by atoms with Crippen LogP contribution in [0.15, 0.2) is 48.5 Å². The number of carbonyl (C=O) groups is 2. The lowest BCUT2D eigenvalue weighted by Crippen LogP contribution is -2.43. The van der Waals surface area contributed by atoms with Crippen LogP contribution < -0.4 is 9.47 Å². The third-order valence-electron chi connectivity index (χ3n) is 4.47. The molecule has 152 valence electrons. The Kier molecular flexibility index (Phi) is 6.97. The molecule has 0 radical (unpaired) electrons. The Hall–Kier alpha value is -3.19. The van der Waals surface area contributed by atoms with Gasteiger partial charge in [0.25, 0.3) is 5.91 Å². The number of ketones is 1. The van der Waals surface area contributed by atoms with Crippen molar-refractivity contribution in [3.63, 3.8) is 0 Å². The highest BCUT2D eigenvalue weighted by Crippen LogP contribution is 2.28. The summed E-state index contributed by atoms with van der Waals surface area (Å²) in [6.07, 6.45) is 2.87. The van der Waals surface area contributed by atoms with Gasteiger partial charge in [0.2, 0.25) is 0 Å². The fraction of sp³-hybridized carbons (Fsp3) is 0.273. The molecule has 1 fully saturated rings. The van der Waals surface area contributed by atoms with Crippen LogP contribution in [-0.2, 0) is 9.53 Å². The molecule has 1 saturated heterocycles. The molecule has 6 nitrogen and oxygen atoms in total. The highest BCUT2D eigenvalue weighted by Gasteiger charge is 2.18. The predicted octanol–water partition coefficient (Wildman–Crippen LogP) is 2.97. The van der Waals surface area contributed by atoms with E-state index in [0.29, 0.717) is 43.4 Å². The Labute approximate surface area is 168 Å². The van der Waals surface area contributed by atoms with E-state index >= 15 is 0 Å². The molecule has 29 heavy (non-hydrogen) atoms. The number of carbonyl (C=O) groups excluding carboxylic acids is 2. The van der Waals surface area contributed by atoms with E-state index in [9.17, 15) is 14.0 Å². The molecule has 0 saturated carbocycles. The summed E-state index contributed by atoms with van der Waals surface area (Å²) < 4.78 is 29.9. The highest BCUT2D eigenvalue weighted by molar-refractivity contribution is 6.07. The quantitative estimate of drug-likeness (QED) is 0.529. The predicted molar refractivity (Wildman–Crippen MR) is 106 cm³/mol. The molecule has 1 aliphatic heterocycles. The van der Waals surface area contributed by atoms with Gasteiger partial charge in [-0.1, -0.05) is 24.3 Å². The number of rotatable bonds is 7. The smallest absolute Gasteiger partial charge is 0.260 e. The minimum atomic E-state index is -0.562. The Morgan fingerprint density at radius 2 is 1.90 bits per heavy atom. The third kappa shape index (κ3) is 5.42. The third-order valence-corrected chi connectivity index (χ3v) is 4.47. The van der Waals surface area contributed by atoms with Crippen LogP contribution in [0.4, 0.5) is 4.39 Å². The molecule has 3 rings (SSSR count). The lowest BCUT2D eigenvalue weighted by atomic mass is 10.1. The van der Waals surface area contributed by atoms with Crippen LogP contribution in [0.1, 0.15) is 15.9 Å². The highest BCUT2D eigenvalue weighted by atomic mass is 19.1. The molecule has 1 aliphatic rings. The van der Waals surface area contributed by atoms with Gasteiger partial charge in [0.1, 0.15) is 5.82 Å². The van der Waals surface area contributed by atoms with Crippen LogP contribution >= 0.6 is 0 Å². The Morgan fingerprint density at radius 3 is 2.62 bits per heavy atom. The van der Waals surface area contributed by atoms with E-state index < -0.39 is 11.6 Å². The zero-order chi connectivity index (χ0) is 20.6. The first kappa shape index (κ1) is 20.5. The first-order chi connectivity index (χ1) is 14.1. The Bertz CT molecular complexity index is 906. The summed E-state index contributed by atoms with van der Waals surface area (Å²) in [4.78, 5) is 26.1. The number of nitrogens with zero attached hydrogens (tertiary/aromatic N) is 1. The molecule has 7 heteroatoms. The van der Waals surface area contributed by atoms with Gasteiger partial charge in [-0.15, -0.1) is 0 Å². The van der Waals surface area contributed by atoms with Crippen molar-refractivity contribution in [2.75, 3.05) is 40.0 Å². The molecule has 0 unspecified atom stereocenters. The molecule has 0 atom stereocenters. The van der Waals surface area contributed by atoms with Crippen LogP contribution in [0.25, 0.3) is 6.08 Å². The van der Waals surface area contributed by atoms with Gasteiger partial charge in [-0.2, -0.15) is 0 Å². The first-order valence-electron chi connectivity index (χ1n) is 9.22. The SMILES string of the molecule is COc1cc(/C=C/C(=O)c2ccccc2F)ccc1OCC(=O)N1CCOCC1. The largest absolute Gasteiger partial charge is 0.493 e. The molecular formula is C22H22FNO5. The fourth-order valence-electron chi connectivity index (χ4n) is 2.87. The molecule has 1 heterocycles. The summed E-state index contributed by atoms with van der Waals surface area (Å²) in [7, 11) is 1.49. The van der Waals surface area contributed by atoms with E-state index in [4.69, 9.17) is 14.2 Å². The van der Waals surface area contributed by atoms with Crippen LogP contribution in [-0.4, -0.2) is 56.6 Å². The number of hydrogen-bond donors (Lipinski definition) is 0. The van der Waals surface area contributed by atoms with Crippen molar-refractivity contribution in [3.05, 3.63) is 65.5 Å². The van der Waals surface area contributed by atoms with E-state index in [2.05, 4.69) is 0 Å². The number of methoxy groups -OCH3 is 1. The average Bonchev–Trinajstić information content (AvgIpc) is 2.77. The molecule has 2 aromatic carbocycles. The van der Waals surface area contributed by atoms with Gasteiger partial charge in [-0.3, -0.25) is 9.59 Å². The van der Waals surface area contributed by atoms with Crippen LogP contribution in [0.5, 0.6) is 11.5 Å². The normalized spacial score (nSPS) is 14.1. The Morgan fingerprint density at radius 1 is 1.14 bits per heavy atom. The number of amides is 1. The van der Waals surface area contributed by atoms with Crippen LogP contribution in [0.3, 0.4) is 0 Å². The Balaban J connectivity index is 1.64. The number of benzene rings is 2. The summed E-state index contributed by atoms with van der Waals surface area (Å²) in [5.74, 6) is -0.256. The lowest BCUT2D eigenvalue weighted by molar-refractivity contribution is -0.137. The van der Waals surface area contributed by atoms with Crippen LogP contribution in [0.2, 0.25) is 0 Å². The maximum absolute atomic E-state index is 13.7. The molecule has 1 amide bonds. The number of allylic oxidation sites excluding steroid dienone is 1. The second kappa shape index (κ2) is 9.84. The van der Waals surface area contributed by atoms with E-state index in [1.54, 1.807) is 35.2 Å². The standard InChI is InChI=1S/C22H22FNO5/c1-27-21-14-16(6-8-19(25)17-4-2-3-5-18(17)23)7-9-20(21)29-15-22(26)24-10-12-28-13-11-24/h2-9,14H,10-13,15H2,1H3/b8-6+. The maximum Gasteiger partial charge on any atom is 0.260 e. The van der Waals surface area contributed by atoms with E-state index in [0.717, 1.165) is 0 Å². The monoisotopic (exact) mass is 399 g/mol. The van der Waals surface area contributed by atoms with Crippen molar-refractivity contribution in [2.45, 2.75) is 0 Å². The van der Waals surface area contributed by atoms with Crippen molar-refractivity contribution in [2.24, 2.45) is 0 Å². The van der Waals surface area contributed by atoms with Gasteiger partial charge in [0.15, 0.2) is 23.9 Å². The van der Waals surface area contributed by atoms with Crippen molar-refractivity contribution >= 4 is 17.8 Å². The summed E-state index contributed by atoms with van der Waals surface area (Å²) in [5, 5.41) is 0. The second-order valence-corrected chi connectivity index (χ2v) is 6.37. The van der Waals surface area contributed by atoms with Crippen molar-refractivity contribution in [1.82, 2.24) is 4.90 Å². The molecular weight excluding hydrogens is 377 g/mol. The van der Waals surface area contributed by atoms with E-state index in [-0.39, 0.29) is 18.1 Å². The molecule has 0 aliphatic carbocycles. The number of morpholine rings is 1. The first-order valence-corrected chi connectivity index (χ1v) is 9.22. The summed E-state index contributed by atoms with van der Waals surface area (Å²) in [6, 6.07) is 10.9.